The number of carbonyl (C=O) groups excluding carboxylic acids is 1. The lowest BCUT2D eigenvalue weighted by molar-refractivity contribution is -0.150. The van der Waals surface area contributed by atoms with E-state index in [1.165, 1.54) is 7.11 Å². The van der Waals surface area contributed by atoms with Gasteiger partial charge in [-0.3, -0.25) is 0 Å². The predicted octanol–water partition coefficient (Wildman–Crippen LogP) is 1.20. The van der Waals surface area contributed by atoms with Gasteiger partial charge in [0.1, 0.15) is 0 Å². The minimum atomic E-state index is -1.18. The summed E-state index contributed by atoms with van der Waals surface area (Å²) in [5, 5.41) is 9.41. The molecule has 0 fully saturated rings. The number of hydrogen-bond acceptors (Lipinski definition) is 3. The first-order valence-corrected chi connectivity index (χ1v) is 3.97. The Morgan fingerprint density at radius 2 is 1.92 bits per heavy atom. The Hall–Kier alpha value is -1.35. The van der Waals surface area contributed by atoms with Crippen LogP contribution in [0.1, 0.15) is 17.2 Å². The van der Waals surface area contributed by atoms with Crippen molar-refractivity contribution in [2.45, 2.75) is 13.0 Å². The van der Waals surface area contributed by atoms with Crippen molar-refractivity contribution in [3.8, 4) is 0 Å². The van der Waals surface area contributed by atoms with E-state index >= 15 is 0 Å². The van der Waals surface area contributed by atoms with Crippen LogP contribution in [-0.4, -0.2) is 18.2 Å². The zero-order chi connectivity index (χ0) is 9.84. The number of hydrogen-bond donors (Lipinski definition) is 1. The molecule has 70 valence electrons. The Morgan fingerprint density at radius 3 is 2.38 bits per heavy atom. The second-order valence-corrected chi connectivity index (χ2v) is 2.84. The van der Waals surface area contributed by atoms with Crippen molar-refractivity contribution in [2.75, 3.05) is 7.11 Å². The molecule has 1 rings (SSSR count). The average molecular weight is 180 g/mol. The quantitative estimate of drug-likeness (QED) is 0.695. The van der Waals surface area contributed by atoms with Gasteiger partial charge in [0.05, 0.1) is 7.11 Å². The van der Waals surface area contributed by atoms with E-state index in [1.54, 1.807) is 12.1 Å². The lowest BCUT2D eigenvalue weighted by Crippen LogP contribution is -2.13. The number of benzene rings is 1. The van der Waals surface area contributed by atoms with Crippen LogP contribution in [0.15, 0.2) is 24.3 Å². The van der Waals surface area contributed by atoms with Gasteiger partial charge >= 0.3 is 5.97 Å². The highest BCUT2D eigenvalue weighted by Gasteiger charge is 2.16. The van der Waals surface area contributed by atoms with Crippen molar-refractivity contribution in [3.05, 3.63) is 35.4 Å². The highest BCUT2D eigenvalue weighted by molar-refractivity contribution is 5.76. The smallest absolute Gasteiger partial charge is 0.339 e. The number of aryl methyl sites for hydroxylation is 1. The molecule has 0 radical (unpaired) electrons. The van der Waals surface area contributed by atoms with E-state index in [2.05, 4.69) is 4.74 Å². The molecule has 1 aromatic rings. The number of esters is 1. The van der Waals surface area contributed by atoms with Crippen LogP contribution in [-0.2, 0) is 9.53 Å². The molecule has 0 amide bonds. The van der Waals surface area contributed by atoms with Gasteiger partial charge in [0, 0.05) is 0 Å². The number of rotatable bonds is 2. The van der Waals surface area contributed by atoms with Crippen molar-refractivity contribution < 1.29 is 14.6 Å². The number of carbonyl (C=O) groups is 1. The molecule has 0 saturated carbocycles. The minimum Gasteiger partial charge on any atom is -0.467 e. The van der Waals surface area contributed by atoms with E-state index in [0.29, 0.717) is 5.56 Å². The van der Waals surface area contributed by atoms with Gasteiger partial charge in [-0.15, -0.1) is 0 Å². The van der Waals surface area contributed by atoms with Gasteiger partial charge in [-0.1, -0.05) is 29.8 Å². The van der Waals surface area contributed by atoms with E-state index in [4.69, 9.17) is 0 Å². The van der Waals surface area contributed by atoms with E-state index in [0.717, 1.165) is 5.56 Å². The molecule has 0 aliphatic heterocycles. The SMILES string of the molecule is COC(=O)[C@@H](O)c1ccc(C)cc1. The molecule has 1 atom stereocenters. The van der Waals surface area contributed by atoms with Crippen LogP contribution in [0.4, 0.5) is 0 Å². The maximum Gasteiger partial charge on any atom is 0.339 e. The molecule has 0 unspecified atom stereocenters. The maximum atomic E-state index is 10.9. The van der Waals surface area contributed by atoms with E-state index in [9.17, 15) is 9.90 Å². The van der Waals surface area contributed by atoms with Crippen LogP contribution >= 0.6 is 0 Å². The van der Waals surface area contributed by atoms with Gasteiger partial charge in [0.15, 0.2) is 6.10 Å². The molecule has 0 spiro atoms. The average Bonchev–Trinajstić information content (AvgIpc) is 2.17. The highest BCUT2D eigenvalue weighted by Crippen LogP contribution is 2.14. The first-order chi connectivity index (χ1) is 6.15. The largest absolute Gasteiger partial charge is 0.467 e. The highest BCUT2D eigenvalue weighted by atomic mass is 16.5. The van der Waals surface area contributed by atoms with Crippen molar-refractivity contribution in [3.63, 3.8) is 0 Å². The molecule has 3 nitrogen and oxygen atoms in total. The Kier molecular flexibility index (Phi) is 3.03. The van der Waals surface area contributed by atoms with Gasteiger partial charge in [0.2, 0.25) is 0 Å². The monoisotopic (exact) mass is 180 g/mol. The van der Waals surface area contributed by atoms with Gasteiger partial charge in [-0.2, -0.15) is 0 Å². The molecule has 3 heteroatoms. The fourth-order valence-electron chi connectivity index (χ4n) is 0.996. The molecular weight excluding hydrogens is 168 g/mol. The van der Waals surface area contributed by atoms with Crippen molar-refractivity contribution in [1.29, 1.82) is 0 Å². The molecular formula is C10H12O3. The molecule has 0 bridgehead atoms. The summed E-state index contributed by atoms with van der Waals surface area (Å²) in [7, 11) is 1.25. The summed E-state index contributed by atoms with van der Waals surface area (Å²) < 4.78 is 4.41. The fourth-order valence-corrected chi connectivity index (χ4v) is 0.996. The number of aliphatic hydroxyl groups is 1. The molecule has 13 heavy (non-hydrogen) atoms. The zero-order valence-electron chi connectivity index (χ0n) is 7.65. The van der Waals surface area contributed by atoms with Crippen molar-refractivity contribution >= 4 is 5.97 Å². The summed E-state index contributed by atoms with van der Waals surface area (Å²) in [5.41, 5.74) is 1.64. The first-order valence-electron chi connectivity index (χ1n) is 3.97. The second kappa shape index (κ2) is 4.05. The fraction of sp³-hybridized carbons (Fsp3) is 0.300. The Morgan fingerprint density at radius 1 is 1.38 bits per heavy atom. The number of ether oxygens (including phenoxy) is 1. The lowest BCUT2D eigenvalue weighted by Gasteiger charge is -2.07. The van der Waals surface area contributed by atoms with Gasteiger partial charge in [-0.25, -0.2) is 4.79 Å². The Labute approximate surface area is 77.0 Å². The Bertz CT molecular complexity index is 290. The third-order valence-corrected chi connectivity index (χ3v) is 1.82. The summed E-state index contributed by atoms with van der Waals surface area (Å²) in [6, 6.07) is 7.08. The van der Waals surface area contributed by atoms with Crippen LogP contribution in [0, 0.1) is 6.92 Å². The lowest BCUT2D eigenvalue weighted by atomic mass is 10.1. The van der Waals surface area contributed by atoms with Gasteiger partial charge in [-0.05, 0) is 12.5 Å². The standard InChI is InChI=1S/C10H12O3/c1-7-3-5-8(6-4-7)9(11)10(12)13-2/h3-6,9,11H,1-2H3/t9-/m0/s1. The molecule has 0 saturated heterocycles. The topological polar surface area (TPSA) is 46.5 Å². The van der Waals surface area contributed by atoms with Gasteiger partial charge in [0.25, 0.3) is 0 Å². The molecule has 0 aliphatic rings. The molecule has 0 heterocycles. The Balaban J connectivity index is 2.83. The minimum absolute atomic E-state index is 0.553. The zero-order valence-corrected chi connectivity index (χ0v) is 7.65. The van der Waals surface area contributed by atoms with E-state index < -0.39 is 12.1 Å². The van der Waals surface area contributed by atoms with Crippen molar-refractivity contribution in [2.24, 2.45) is 0 Å². The molecule has 1 N–H and O–H groups in total. The normalized spacial score (nSPS) is 12.2. The summed E-state index contributed by atoms with van der Waals surface area (Å²) in [5.74, 6) is -0.635. The van der Waals surface area contributed by atoms with Crippen LogP contribution < -0.4 is 0 Å². The number of aliphatic hydroxyl groups excluding tert-OH is 1. The maximum absolute atomic E-state index is 10.9. The summed E-state index contributed by atoms with van der Waals surface area (Å²) in [6.45, 7) is 1.94. The van der Waals surface area contributed by atoms with Crippen molar-refractivity contribution in [1.82, 2.24) is 0 Å². The van der Waals surface area contributed by atoms with Crippen LogP contribution in [0.2, 0.25) is 0 Å². The van der Waals surface area contributed by atoms with E-state index in [-0.39, 0.29) is 0 Å². The van der Waals surface area contributed by atoms with Gasteiger partial charge < -0.3 is 9.84 Å². The summed E-state index contributed by atoms with van der Waals surface area (Å²) in [4.78, 5) is 10.9. The molecule has 1 aromatic carbocycles. The third-order valence-electron chi connectivity index (χ3n) is 1.82. The molecule has 0 aliphatic carbocycles. The van der Waals surface area contributed by atoms with E-state index in [1.807, 2.05) is 19.1 Å². The second-order valence-electron chi connectivity index (χ2n) is 2.84. The number of methoxy groups -OCH3 is 1. The van der Waals surface area contributed by atoms with Crippen LogP contribution in [0.3, 0.4) is 0 Å². The van der Waals surface area contributed by atoms with Crippen LogP contribution in [0.25, 0.3) is 0 Å². The summed E-state index contributed by atoms with van der Waals surface area (Å²) in [6.07, 6.45) is -1.18. The predicted molar refractivity (Wildman–Crippen MR) is 48.2 cm³/mol. The first kappa shape index (κ1) is 9.74. The summed E-state index contributed by atoms with van der Waals surface area (Å²) >= 11 is 0. The van der Waals surface area contributed by atoms with Crippen LogP contribution in [0.5, 0.6) is 0 Å². The third kappa shape index (κ3) is 2.29. The molecule has 0 aromatic heterocycles.